The van der Waals surface area contributed by atoms with Crippen molar-refractivity contribution in [1.82, 2.24) is 0 Å². The molecule has 0 amide bonds. The monoisotopic (exact) mass is 276 g/mol. The Balaban J connectivity index is 2.22. The van der Waals surface area contributed by atoms with Crippen LogP contribution in [-0.2, 0) is 4.74 Å². The number of carbonyl (C=O) groups is 2. The molecule has 104 valence electrons. The molecule has 0 saturated heterocycles. The molecular formula is C14H12O6. The van der Waals surface area contributed by atoms with Crippen molar-refractivity contribution in [3.05, 3.63) is 34.4 Å². The van der Waals surface area contributed by atoms with Gasteiger partial charge in [-0.25, -0.2) is 0 Å². The van der Waals surface area contributed by atoms with E-state index < -0.39 is 29.4 Å². The summed E-state index contributed by atoms with van der Waals surface area (Å²) in [5, 5.41) is 28.8. The van der Waals surface area contributed by atoms with Gasteiger partial charge in [0, 0.05) is 23.1 Å². The van der Waals surface area contributed by atoms with Crippen molar-refractivity contribution in [2.24, 2.45) is 0 Å². The van der Waals surface area contributed by atoms with Crippen LogP contribution >= 0.6 is 0 Å². The second-order valence-electron chi connectivity index (χ2n) is 4.94. The highest BCUT2D eigenvalue weighted by molar-refractivity contribution is 6.27. The van der Waals surface area contributed by atoms with E-state index >= 15 is 0 Å². The Kier molecular flexibility index (Phi) is 2.67. The molecule has 0 spiro atoms. The highest BCUT2D eigenvalue weighted by Gasteiger charge is 2.40. The van der Waals surface area contributed by atoms with Gasteiger partial charge in [0.15, 0.2) is 29.4 Å². The van der Waals surface area contributed by atoms with Crippen molar-refractivity contribution in [2.45, 2.75) is 25.7 Å². The zero-order valence-electron chi connectivity index (χ0n) is 10.6. The standard InChI is InChI=1S/C14H12O6/c1-5-2-8-11(14(19)20-5)13(18)7-4-10(16)9(15)3-6(7)12(8)17/h3-5,14-16,19H,2H2,1H3/t5-,14+/m1/s1. The van der Waals surface area contributed by atoms with E-state index in [0.717, 1.165) is 12.1 Å². The number of aliphatic hydroxyl groups excluding tert-OH is 1. The fourth-order valence-corrected chi connectivity index (χ4v) is 2.61. The molecule has 1 aliphatic heterocycles. The number of ether oxygens (including phenoxy) is 1. The number of carbonyl (C=O) groups excluding carboxylic acids is 2. The summed E-state index contributed by atoms with van der Waals surface area (Å²) in [6.45, 7) is 1.69. The van der Waals surface area contributed by atoms with Crippen LogP contribution < -0.4 is 0 Å². The van der Waals surface area contributed by atoms with Crippen LogP contribution in [-0.4, -0.2) is 39.3 Å². The molecule has 0 saturated carbocycles. The van der Waals surface area contributed by atoms with Crippen molar-refractivity contribution >= 4 is 11.6 Å². The van der Waals surface area contributed by atoms with Crippen LogP contribution in [0.4, 0.5) is 0 Å². The molecule has 6 nitrogen and oxygen atoms in total. The number of aromatic hydroxyl groups is 2. The quantitative estimate of drug-likeness (QED) is 0.608. The second kappa shape index (κ2) is 4.16. The maximum atomic E-state index is 12.4. The van der Waals surface area contributed by atoms with E-state index in [1.54, 1.807) is 6.92 Å². The van der Waals surface area contributed by atoms with Gasteiger partial charge in [-0.15, -0.1) is 0 Å². The third kappa shape index (κ3) is 1.65. The van der Waals surface area contributed by atoms with E-state index in [1.165, 1.54) is 0 Å². The van der Waals surface area contributed by atoms with Gasteiger partial charge < -0.3 is 20.1 Å². The summed E-state index contributed by atoms with van der Waals surface area (Å²) < 4.78 is 5.16. The number of aliphatic hydroxyl groups is 1. The zero-order valence-corrected chi connectivity index (χ0v) is 10.6. The van der Waals surface area contributed by atoms with E-state index in [-0.39, 0.29) is 34.8 Å². The number of ketones is 2. The van der Waals surface area contributed by atoms with E-state index in [4.69, 9.17) is 4.74 Å². The number of phenolic OH excluding ortho intramolecular Hbond substituents is 2. The summed E-state index contributed by atoms with van der Waals surface area (Å²) in [6, 6.07) is 2.10. The second-order valence-corrected chi connectivity index (χ2v) is 4.94. The summed E-state index contributed by atoms with van der Waals surface area (Å²) in [6.07, 6.45) is -1.61. The number of hydrogen-bond donors (Lipinski definition) is 3. The largest absolute Gasteiger partial charge is 0.504 e. The molecule has 20 heavy (non-hydrogen) atoms. The predicted octanol–water partition coefficient (Wildman–Crippen LogP) is 0.901. The highest BCUT2D eigenvalue weighted by atomic mass is 16.6. The first-order valence-corrected chi connectivity index (χ1v) is 6.12. The first kappa shape index (κ1) is 12.8. The molecule has 3 rings (SSSR count). The molecule has 1 heterocycles. The Bertz CT molecular complexity index is 672. The Hall–Kier alpha value is -2.18. The minimum absolute atomic E-state index is 0.0327. The lowest BCUT2D eigenvalue weighted by Gasteiger charge is -2.31. The van der Waals surface area contributed by atoms with Crippen molar-refractivity contribution in [3.63, 3.8) is 0 Å². The van der Waals surface area contributed by atoms with Crippen LogP contribution in [0.25, 0.3) is 0 Å². The van der Waals surface area contributed by atoms with Crippen molar-refractivity contribution in [3.8, 4) is 11.5 Å². The van der Waals surface area contributed by atoms with Crippen LogP contribution in [0.15, 0.2) is 23.3 Å². The summed E-state index contributed by atoms with van der Waals surface area (Å²) in [5.74, 6) is -1.95. The number of benzene rings is 1. The van der Waals surface area contributed by atoms with Gasteiger partial charge in [-0.05, 0) is 19.1 Å². The smallest absolute Gasteiger partial charge is 0.195 e. The Morgan fingerprint density at radius 2 is 1.65 bits per heavy atom. The Morgan fingerprint density at radius 3 is 2.25 bits per heavy atom. The first-order chi connectivity index (χ1) is 9.40. The minimum Gasteiger partial charge on any atom is -0.504 e. The summed E-state index contributed by atoms with van der Waals surface area (Å²) >= 11 is 0. The van der Waals surface area contributed by atoms with Gasteiger partial charge in [-0.3, -0.25) is 9.59 Å². The molecule has 1 aromatic rings. The van der Waals surface area contributed by atoms with E-state index in [1.807, 2.05) is 0 Å². The molecule has 0 aromatic heterocycles. The number of Topliss-reactive ketones (excluding diaryl/α,β-unsaturated/α-hetero) is 2. The van der Waals surface area contributed by atoms with Crippen LogP contribution in [0.5, 0.6) is 11.5 Å². The van der Waals surface area contributed by atoms with E-state index in [9.17, 15) is 24.9 Å². The molecule has 1 aromatic carbocycles. The molecule has 0 bridgehead atoms. The lowest BCUT2D eigenvalue weighted by molar-refractivity contribution is -0.112. The minimum atomic E-state index is -1.45. The number of rotatable bonds is 0. The topological polar surface area (TPSA) is 104 Å². The fourth-order valence-electron chi connectivity index (χ4n) is 2.61. The normalized spacial score (nSPS) is 25.5. The maximum absolute atomic E-state index is 12.4. The molecule has 1 aliphatic carbocycles. The third-order valence-corrected chi connectivity index (χ3v) is 3.55. The maximum Gasteiger partial charge on any atom is 0.195 e. The first-order valence-electron chi connectivity index (χ1n) is 6.12. The van der Waals surface area contributed by atoms with Crippen LogP contribution in [0.1, 0.15) is 34.1 Å². The van der Waals surface area contributed by atoms with E-state index in [2.05, 4.69) is 0 Å². The van der Waals surface area contributed by atoms with Gasteiger partial charge in [0.1, 0.15) is 0 Å². The lowest BCUT2D eigenvalue weighted by Crippen LogP contribution is -2.37. The number of fused-ring (bicyclic) bond motifs is 1. The summed E-state index contributed by atoms with van der Waals surface area (Å²) in [4.78, 5) is 24.7. The molecule has 0 fully saturated rings. The van der Waals surface area contributed by atoms with Gasteiger partial charge in [-0.2, -0.15) is 0 Å². The highest BCUT2D eigenvalue weighted by Crippen LogP contribution is 2.38. The average Bonchev–Trinajstić information content (AvgIpc) is 2.37. The fraction of sp³-hybridized carbons (Fsp3) is 0.286. The average molecular weight is 276 g/mol. The summed E-state index contributed by atoms with van der Waals surface area (Å²) in [5.41, 5.74) is 0.121. The lowest BCUT2D eigenvalue weighted by atomic mass is 9.80. The predicted molar refractivity (Wildman–Crippen MR) is 66.6 cm³/mol. The number of phenols is 2. The number of hydrogen-bond acceptors (Lipinski definition) is 6. The van der Waals surface area contributed by atoms with Crippen LogP contribution in [0.3, 0.4) is 0 Å². The van der Waals surface area contributed by atoms with Gasteiger partial charge in [-0.1, -0.05) is 0 Å². The van der Waals surface area contributed by atoms with Crippen LogP contribution in [0.2, 0.25) is 0 Å². The van der Waals surface area contributed by atoms with Gasteiger partial charge >= 0.3 is 0 Å². The molecule has 2 aliphatic rings. The van der Waals surface area contributed by atoms with Crippen molar-refractivity contribution in [2.75, 3.05) is 0 Å². The zero-order chi connectivity index (χ0) is 14.6. The SMILES string of the molecule is C[C@@H]1CC2=C(C(=O)c3cc(O)c(O)cc3C2=O)[C@@H](O)O1. The van der Waals surface area contributed by atoms with E-state index in [0.29, 0.717) is 0 Å². The molecule has 0 unspecified atom stereocenters. The Morgan fingerprint density at radius 1 is 1.10 bits per heavy atom. The Labute approximate surface area is 113 Å². The molecule has 6 heteroatoms. The van der Waals surface area contributed by atoms with Crippen molar-refractivity contribution in [1.29, 1.82) is 0 Å². The molecule has 3 N–H and O–H groups in total. The van der Waals surface area contributed by atoms with Crippen LogP contribution in [0, 0.1) is 0 Å². The van der Waals surface area contributed by atoms with Gasteiger partial charge in [0.2, 0.25) is 0 Å². The van der Waals surface area contributed by atoms with Gasteiger partial charge in [0.25, 0.3) is 0 Å². The summed E-state index contributed by atoms with van der Waals surface area (Å²) in [7, 11) is 0. The molecular weight excluding hydrogens is 264 g/mol. The molecule has 0 radical (unpaired) electrons. The third-order valence-electron chi connectivity index (χ3n) is 3.55. The van der Waals surface area contributed by atoms with Gasteiger partial charge in [0.05, 0.1) is 11.7 Å². The molecule has 2 atom stereocenters. The van der Waals surface area contributed by atoms with Crippen molar-refractivity contribution < 1.29 is 29.6 Å².